The molecule has 2 amide bonds. The van der Waals surface area contributed by atoms with Crippen LogP contribution in [0.25, 0.3) is 0 Å². The molecule has 0 saturated heterocycles. The summed E-state index contributed by atoms with van der Waals surface area (Å²) in [5.41, 5.74) is 0.106. The van der Waals surface area contributed by atoms with E-state index in [9.17, 15) is 18.4 Å². The van der Waals surface area contributed by atoms with Gasteiger partial charge in [-0.3, -0.25) is 14.5 Å². The van der Waals surface area contributed by atoms with Crippen LogP contribution in [0.4, 0.5) is 14.5 Å². The molecule has 7 nitrogen and oxygen atoms in total. The van der Waals surface area contributed by atoms with E-state index in [1.165, 1.54) is 6.07 Å². The van der Waals surface area contributed by atoms with Crippen LogP contribution in [0.2, 0.25) is 0 Å². The molecule has 154 valence electrons. The summed E-state index contributed by atoms with van der Waals surface area (Å²) >= 11 is 0. The second kappa shape index (κ2) is 9.33. The Hall–Kier alpha value is -3.20. The Bertz CT molecular complexity index is 894. The van der Waals surface area contributed by atoms with Crippen molar-refractivity contribution in [2.75, 3.05) is 38.6 Å². The maximum absolute atomic E-state index is 13.1. The second-order valence-corrected chi connectivity index (χ2v) is 6.65. The number of likely N-dealkylation sites (N-methyl/N-ethyl adjacent to an activating group) is 1. The van der Waals surface area contributed by atoms with Crippen LogP contribution in [0.5, 0.6) is 11.5 Å². The Kier molecular flexibility index (Phi) is 6.61. The zero-order valence-corrected chi connectivity index (χ0v) is 15.8. The van der Waals surface area contributed by atoms with Gasteiger partial charge < -0.3 is 20.1 Å². The number of nitrogens with one attached hydrogen (secondary N) is 2. The number of halogens is 2. The largest absolute Gasteiger partial charge is 0.486 e. The summed E-state index contributed by atoms with van der Waals surface area (Å²) in [6.45, 7) is 0.602. The Morgan fingerprint density at radius 1 is 1.10 bits per heavy atom. The molecule has 1 atom stereocenters. The summed E-state index contributed by atoms with van der Waals surface area (Å²) < 4.78 is 37.5. The topological polar surface area (TPSA) is 79.9 Å². The predicted octanol–water partition coefficient (Wildman–Crippen LogP) is 1.79. The van der Waals surface area contributed by atoms with E-state index < -0.39 is 17.5 Å². The lowest BCUT2D eigenvalue weighted by Crippen LogP contribution is -2.44. The Morgan fingerprint density at radius 3 is 2.62 bits per heavy atom. The van der Waals surface area contributed by atoms with Crippen LogP contribution in [0, 0.1) is 11.6 Å². The third-order valence-corrected chi connectivity index (χ3v) is 4.15. The van der Waals surface area contributed by atoms with Crippen LogP contribution in [-0.4, -0.2) is 56.1 Å². The van der Waals surface area contributed by atoms with Crippen molar-refractivity contribution in [1.82, 2.24) is 10.2 Å². The molecule has 1 aliphatic rings. The molecular formula is C20H21F2N3O4. The molecule has 0 unspecified atom stereocenters. The molecule has 2 aromatic carbocycles. The van der Waals surface area contributed by atoms with E-state index in [-0.39, 0.29) is 30.8 Å². The van der Waals surface area contributed by atoms with Crippen molar-refractivity contribution < 1.29 is 27.8 Å². The van der Waals surface area contributed by atoms with E-state index in [1.54, 1.807) is 11.9 Å². The van der Waals surface area contributed by atoms with Gasteiger partial charge in [0.1, 0.15) is 12.7 Å². The number of hydrogen-bond donors (Lipinski definition) is 2. The van der Waals surface area contributed by atoms with Crippen LogP contribution in [0.3, 0.4) is 0 Å². The molecule has 0 aromatic heterocycles. The fourth-order valence-corrected chi connectivity index (χ4v) is 2.82. The maximum Gasteiger partial charge on any atom is 0.243 e. The van der Waals surface area contributed by atoms with Crippen molar-refractivity contribution >= 4 is 17.5 Å². The number of carbonyl (C=O) groups excluding carboxylic acids is 2. The van der Waals surface area contributed by atoms with Crippen molar-refractivity contribution in [3.8, 4) is 11.5 Å². The highest BCUT2D eigenvalue weighted by molar-refractivity contribution is 5.94. The van der Waals surface area contributed by atoms with E-state index >= 15 is 0 Å². The molecule has 0 spiro atoms. The molecule has 2 N–H and O–H groups in total. The average Bonchev–Trinajstić information content (AvgIpc) is 2.69. The second-order valence-electron chi connectivity index (χ2n) is 6.65. The summed E-state index contributed by atoms with van der Waals surface area (Å²) in [5.74, 6) is -1.62. The third-order valence-electron chi connectivity index (χ3n) is 4.15. The summed E-state index contributed by atoms with van der Waals surface area (Å²) in [5, 5.41) is 4.86. The lowest BCUT2D eigenvalue weighted by atomic mass is 10.2. The molecule has 3 rings (SSSR count). The summed E-state index contributed by atoms with van der Waals surface area (Å²) in [7, 11) is 1.75. The number of carbonyl (C=O) groups is 2. The highest BCUT2D eigenvalue weighted by Crippen LogP contribution is 2.30. The number of rotatable bonds is 7. The maximum atomic E-state index is 13.1. The lowest BCUT2D eigenvalue weighted by molar-refractivity contribution is -0.125. The molecule has 0 aliphatic carbocycles. The molecule has 2 aromatic rings. The minimum atomic E-state index is -1.06. The van der Waals surface area contributed by atoms with Crippen LogP contribution in [0.15, 0.2) is 42.5 Å². The quantitative estimate of drug-likeness (QED) is 0.734. The van der Waals surface area contributed by atoms with Gasteiger partial charge in [0, 0.05) is 18.3 Å². The van der Waals surface area contributed by atoms with Crippen LogP contribution in [-0.2, 0) is 9.59 Å². The molecule has 0 bridgehead atoms. The number of nitrogens with zero attached hydrogens (tertiary/aromatic N) is 1. The zero-order chi connectivity index (χ0) is 20.8. The van der Waals surface area contributed by atoms with Crippen molar-refractivity contribution in [3.05, 3.63) is 54.1 Å². The third kappa shape index (κ3) is 5.89. The van der Waals surface area contributed by atoms with E-state index in [0.29, 0.717) is 24.7 Å². The van der Waals surface area contributed by atoms with E-state index in [2.05, 4.69) is 10.6 Å². The summed E-state index contributed by atoms with van der Waals surface area (Å²) in [4.78, 5) is 25.6. The highest BCUT2D eigenvalue weighted by Gasteiger charge is 2.22. The number of fused-ring (bicyclic) bond motifs is 1. The van der Waals surface area contributed by atoms with Crippen molar-refractivity contribution in [2.45, 2.75) is 6.10 Å². The van der Waals surface area contributed by atoms with Gasteiger partial charge in [0.15, 0.2) is 23.1 Å². The summed E-state index contributed by atoms with van der Waals surface area (Å²) in [6.07, 6.45) is -0.223. The van der Waals surface area contributed by atoms with Gasteiger partial charge in [-0.25, -0.2) is 8.78 Å². The minimum Gasteiger partial charge on any atom is -0.486 e. The normalized spacial score (nSPS) is 15.1. The van der Waals surface area contributed by atoms with Gasteiger partial charge >= 0.3 is 0 Å². The molecule has 0 radical (unpaired) electrons. The Morgan fingerprint density at radius 2 is 1.86 bits per heavy atom. The molecule has 1 heterocycles. The first-order valence-corrected chi connectivity index (χ1v) is 8.99. The standard InChI is InChI=1S/C20H21F2N3O4/c1-25(10-14-12-28-17-4-2-3-5-18(17)29-14)11-20(27)23-9-19(26)24-13-6-7-15(21)16(22)8-13/h2-8,14H,9-12H2,1H3,(H,23,27)(H,24,26)/t14-/m0/s1. The smallest absolute Gasteiger partial charge is 0.243 e. The molecule has 0 saturated carbocycles. The van der Waals surface area contributed by atoms with Crippen LogP contribution >= 0.6 is 0 Å². The first-order valence-electron chi connectivity index (χ1n) is 8.99. The Labute approximate surface area is 166 Å². The van der Waals surface area contributed by atoms with Gasteiger partial charge in [-0.15, -0.1) is 0 Å². The summed E-state index contributed by atoms with van der Waals surface area (Å²) in [6, 6.07) is 10.4. The van der Waals surface area contributed by atoms with Crippen LogP contribution < -0.4 is 20.1 Å². The number of ether oxygens (including phenoxy) is 2. The van der Waals surface area contributed by atoms with E-state index in [1.807, 2.05) is 24.3 Å². The van der Waals surface area contributed by atoms with Gasteiger partial charge in [-0.05, 0) is 31.3 Å². The van der Waals surface area contributed by atoms with Gasteiger partial charge in [0.05, 0.1) is 13.1 Å². The van der Waals surface area contributed by atoms with E-state index in [4.69, 9.17) is 9.47 Å². The van der Waals surface area contributed by atoms with Gasteiger partial charge in [0.25, 0.3) is 0 Å². The number of benzene rings is 2. The molecule has 1 aliphatic heterocycles. The van der Waals surface area contributed by atoms with Gasteiger partial charge in [-0.1, -0.05) is 12.1 Å². The molecule has 29 heavy (non-hydrogen) atoms. The van der Waals surface area contributed by atoms with Crippen LogP contribution in [0.1, 0.15) is 0 Å². The zero-order valence-electron chi connectivity index (χ0n) is 15.8. The van der Waals surface area contributed by atoms with Crippen molar-refractivity contribution in [2.24, 2.45) is 0 Å². The molecule has 9 heteroatoms. The molecular weight excluding hydrogens is 384 g/mol. The number of amides is 2. The minimum absolute atomic E-state index is 0.0555. The predicted molar refractivity (Wildman–Crippen MR) is 102 cm³/mol. The SMILES string of the molecule is CN(CC(=O)NCC(=O)Nc1ccc(F)c(F)c1)C[C@H]1COc2ccccc2O1. The fourth-order valence-electron chi connectivity index (χ4n) is 2.82. The van der Waals surface area contributed by atoms with Crippen molar-refractivity contribution in [3.63, 3.8) is 0 Å². The highest BCUT2D eigenvalue weighted by atomic mass is 19.2. The number of anilines is 1. The van der Waals surface area contributed by atoms with Gasteiger partial charge in [0.2, 0.25) is 11.8 Å². The molecule has 0 fully saturated rings. The first kappa shape index (κ1) is 20.5. The lowest BCUT2D eigenvalue weighted by Gasteiger charge is -2.29. The fraction of sp³-hybridized carbons (Fsp3) is 0.300. The van der Waals surface area contributed by atoms with E-state index in [0.717, 1.165) is 12.1 Å². The average molecular weight is 405 g/mol. The first-order chi connectivity index (χ1) is 13.9. The van der Waals surface area contributed by atoms with Gasteiger partial charge in [-0.2, -0.15) is 0 Å². The monoisotopic (exact) mass is 405 g/mol. The Balaban J connectivity index is 1.38. The van der Waals surface area contributed by atoms with Crippen molar-refractivity contribution in [1.29, 1.82) is 0 Å². The number of para-hydroxylation sites is 2. The number of hydrogen-bond acceptors (Lipinski definition) is 5.